The summed E-state index contributed by atoms with van der Waals surface area (Å²) in [7, 11) is -5.72. The summed E-state index contributed by atoms with van der Waals surface area (Å²) in [6.07, 6.45) is 0. The Morgan fingerprint density at radius 1 is 0.394 bits per heavy atom. The first-order valence-corrected chi connectivity index (χ1v) is 15.4. The molecule has 0 amide bonds. The van der Waals surface area contributed by atoms with Crippen LogP contribution in [-0.2, 0) is 4.12 Å². The van der Waals surface area contributed by atoms with Crippen molar-refractivity contribution in [2.24, 2.45) is 0 Å². The van der Waals surface area contributed by atoms with Crippen molar-refractivity contribution < 1.29 is 24.5 Å². The van der Waals surface area contributed by atoms with Gasteiger partial charge in [-0.3, -0.25) is 0 Å². The van der Waals surface area contributed by atoms with Gasteiger partial charge in [-0.2, -0.15) is 0 Å². The van der Waals surface area contributed by atoms with Gasteiger partial charge in [0.15, 0.2) is 0 Å². The molecule has 4 rings (SSSR count). The van der Waals surface area contributed by atoms with Crippen LogP contribution in [0, 0.1) is 0 Å². The normalized spacial score (nSPS) is 11.9. The highest BCUT2D eigenvalue weighted by Gasteiger charge is 2.45. The lowest BCUT2D eigenvalue weighted by Crippen LogP contribution is -2.70. The van der Waals surface area contributed by atoms with E-state index in [-0.39, 0.29) is 23.0 Å². The maximum atomic E-state index is 9.87. The molecule has 0 bridgehead atoms. The minimum absolute atomic E-state index is 0.179. The van der Waals surface area contributed by atoms with Gasteiger partial charge >= 0.3 is 0 Å². The predicted molar refractivity (Wildman–Crippen MR) is 135 cm³/mol. The van der Waals surface area contributed by atoms with E-state index in [2.05, 4.69) is 13.1 Å². The molecule has 0 aromatic heterocycles. The van der Waals surface area contributed by atoms with Crippen molar-refractivity contribution in [1.82, 2.24) is 0 Å². The van der Waals surface area contributed by atoms with E-state index in [1.54, 1.807) is 48.5 Å². The molecule has 0 unspecified atom stereocenters. The van der Waals surface area contributed by atoms with Crippen LogP contribution in [0.5, 0.6) is 23.0 Å². The number of hydrogen-bond donors (Lipinski definition) is 4. The summed E-state index contributed by atoms with van der Waals surface area (Å²) >= 11 is 0. The summed E-state index contributed by atoms with van der Waals surface area (Å²) in [5, 5.41) is 43.4. The number of hydrogen-bond acceptors (Lipinski definition) is 5. The molecule has 4 aromatic carbocycles. The van der Waals surface area contributed by atoms with E-state index in [9.17, 15) is 20.4 Å². The lowest BCUT2D eigenvalue weighted by atomic mass is 10.3. The molecule has 0 atom stereocenters. The lowest BCUT2D eigenvalue weighted by Gasteiger charge is -2.39. The zero-order valence-electron chi connectivity index (χ0n) is 18.4. The maximum absolute atomic E-state index is 9.87. The molecule has 4 aromatic rings. The number of phenols is 4. The van der Waals surface area contributed by atoms with Gasteiger partial charge in [-0.1, -0.05) is 48.5 Å². The Morgan fingerprint density at radius 3 is 0.758 bits per heavy atom. The molecular weight excluding hydrogens is 448 g/mol. The van der Waals surface area contributed by atoms with E-state index in [1.807, 2.05) is 48.5 Å². The summed E-state index contributed by atoms with van der Waals surface area (Å²) in [6, 6.07) is 28.3. The molecular formula is C26H26O5Si2. The number of phenolic OH excluding ortho intramolecular Hbond substituents is 4. The molecule has 0 fully saturated rings. The lowest BCUT2D eigenvalue weighted by molar-refractivity contribution is 0.475. The Hall–Kier alpha value is -3.53. The highest BCUT2D eigenvalue weighted by molar-refractivity contribution is 7.08. The summed E-state index contributed by atoms with van der Waals surface area (Å²) in [5.41, 5.74) is 0. The van der Waals surface area contributed by atoms with Crippen LogP contribution in [-0.4, -0.2) is 37.1 Å². The first-order chi connectivity index (χ1) is 15.7. The van der Waals surface area contributed by atoms with Gasteiger partial charge in [0, 0.05) is 0 Å². The van der Waals surface area contributed by atoms with E-state index in [1.165, 1.54) is 0 Å². The SMILES string of the molecule is C[Si](O[Si](C)(c1ccc(O)cc1)c1ccc(O)cc1)(c1ccc(O)cc1)c1ccc(O)cc1. The summed E-state index contributed by atoms with van der Waals surface area (Å²) < 4.78 is 7.28. The van der Waals surface area contributed by atoms with Gasteiger partial charge in [-0.15, -0.1) is 0 Å². The third-order valence-corrected chi connectivity index (χ3v) is 15.1. The van der Waals surface area contributed by atoms with E-state index >= 15 is 0 Å². The Kier molecular flexibility index (Phi) is 6.03. The molecule has 5 nitrogen and oxygen atoms in total. The van der Waals surface area contributed by atoms with Crippen LogP contribution >= 0.6 is 0 Å². The molecule has 4 N–H and O–H groups in total. The highest BCUT2D eigenvalue weighted by Crippen LogP contribution is 2.21. The van der Waals surface area contributed by atoms with Gasteiger partial charge in [0.05, 0.1) is 0 Å². The summed E-state index contributed by atoms with van der Waals surface area (Å²) in [4.78, 5) is 0. The molecule has 168 valence electrons. The summed E-state index contributed by atoms with van der Waals surface area (Å²) in [6.45, 7) is 4.22. The number of aromatic hydroxyl groups is 4. The van der Waals surface area contributed by atoms with E-state index in [4.69, 9.17) is 4.12 Å². The Bertz CT molecular complexity index is 1030. The number of benzene rings is 4. The van der Waals surface area contributed by atoms with Crippen molar-refractivity contribution in [1.29, 1.82) is 0 Å². The molecule has 0 spiro atoms. The second kappa shape index (κ2) is 8.78. The van der Waals surface area contributed by atoms with Crippen LogP contribution in [0.2, 0.25) is 13.1 Å². The zero-order chi connectivity index (χ0) is 23.6. The maximum Gasteiger partial charge on any atom is 0.242 e. The second-order valence-corrected chi connectivity index (χ2v) is 15.6. The predicted octanol–water partition coefficient (Wildman–Crippen LogP) is 2.60. The molecule has 0 heterocycles. The average molecular weight is 475 g/mol. The quantitative estimate of drug-likeness (QED) is 0.323. The summed E-state index contributed by atoms with van der Waals surface area (Å²) in [5.74, 6) is 0.714. The minimum atomic E-state index is -2.86. The monoisotopic (exact) mass is 474 g/mol. The first-order valence-electron chi connectivity index (χ1n) is 10.6. The molecule has 0 aliphatic heterocycles. The van der Waals surface area contributed by atoms with Crippen molar-refractivity contribution in [3.05, 3.63) is 97.1 Å². The average Bonchev–Trinajstić information content (AvgIpc) is 2.80. The molecule has 0 aliphatic carbocycles. The molecule has 7 heteroatoms. The Labute approximate surface area is 195 Å². The number of rotatable bonds is 6. The van der Waals surface area contributed by atoms with Crippen molar-refractivity contribution in [2.75, 3.05) is 0 Å². The van der Waals surface area contributed by atoms with Crippen LogP contribution in [0.4, 0.5) is 0 Å². The fraction of sp³-hybridized carbons (Fsp3) is 0.0769. The third kappa shape index (κ3) is 4.52. The second-order valence-electron chi connectivity index (χ2n) is 8.36. The third-order valence-electron chi connectivity index (χ3n) is 6.08. The van der Waals surface area contributed by atoms with Gasteiger partial charge in [0.25, 0.3) is 0 Å². The van der Waals surface area contributed by atoms with Crippen molar-refractivity contribution >= 4 is 37.4 Å². The van der Waals surface area contributed by atoms with Crippen LogP contribution in [0.25, 0.3) is 0 Å². The smallest absolute Gasteiger partial charge is 0.242 e. The van der Waals surface area contributed by atoms with Crippen LogP contribution in [0.15, 0.2) is 97.1 Å². The molecule has 0 radical (unpaired) electrons. The van der Waals surface area contributed by atoms with E-state index in [0.717, 1.165) is 20.7 Å². The highest BCUT2D eigenvalue weighted by atomic mass is 28.4. The van der Waals surface area contributed by atoms with Crippen molar-refractivity contribution in [3.63, 3.8) is 0 Å². The minimum Gasteiger partial charge on any atom is -0.508 e. The van der Waals surface area contributed by atoms with Gasteiger partial charge in [-0.25, -0.2) is 0 Å². The molecule has 33 heavy (non-hydrogen) atoms. The van der Waals surface area contributed by atoms with Crippen molar-refractivity contribution in [2.45, 2.75) is 13.1 Å². The largest absolute Gasteiger partial charge is 0.508 e. The Balaban J connectivity index is 1.92. The standard InChI is InChI=1S/C26H26O5Si2/c1-32(23-11-3-19(27)4-12-23,24-13-5-20(28)6-14-24)31-33(2,25-15-7-21(29)8-16-25)26-17-9-22(30)10-18-26/h3-18,27-30H,1-2H3. The van der Waals surface area contributed by atoms with Gasteiger partial charge in [0.1, 0.15) is 23.0 Å². The first kappa shape index (κ1) is 22.7. The fourth-order valence-corrected chi connectivity index (χ4v) is 13.1. The van der Waals surface area contributed by atoms with Gasteiger partial charge < -0.3 is 24.5 Å². The topological polar surface area (TPSA) is 90.2 Å². The molecule has 0 aliphatic rings. The van der Waals surface area contributed by atoms with Crippen LogP contribution < -0.4 is 20.7 Å². The van der Waals surface area contributed by atoms with E-state index < -0.39 is 16.6 Å². The zero-order valence-corrected chi connectivity index (χ0v) is 20.4. The van der Waals surface area contributed by atoms with Crippen LogP contribution in [0.1, 0.15) is 0 Å². The van der Waals surface area contributed by atoms with Gasteiger partial charge in [0.2, 0.25) is 16.6 Å². The van der Waals surface area contributed by atoms with Gasteiger partial charge in [-0.05, 0) is 82.4 Å². The fourth-order valence-electron chi connectivity index (χ4n) is 4.10. The van der Waals surface area contributed by atoms with Crippen LogP contribution in [0.3, 0.4) is 0 Å². The molecule has 0 saturated heterocycles. The molecule has 0 saturated carbocycles. The van der Waals surface area contributed by atoms with Crippen molar-refractivity contribution in [3.8, 4) is 23.0 Å². The van der Waals surface area contributed by atoms with E-state index in [0.29, 0.717) is 0 Å². The Morgan fingerprint density at radius 2 is 0.576 bits per heavy atom.